The summed E-state index contributed by atoms with van der Waals surface area (Å²) in [5, 5.41) is 0. The average molecular weight is 424 g/mol. The van der Waals surface area contributed by atoms with Crippen LogP contribution >= 0.6 is 0 Å². The topological polar surface area (TPSA) is 18.5 Å². The molecule has 1 atom stereocenters. The molecule has 0 aromatic heterocycles. The van der Waals surface area contributed by atoms with Gasteiger partial charge in [0.25, 0.3) is 0 Å². The van der Waals surface area contributed by atoms with E-state index in [1.54, 1.807) is 26.0 Å². The summed E-state index contributed by atoms with van der Waals surface area (Å²) in [6, 6.07) is 6.13. The molecule has 0 spiro atoms. The maximum absolute atomic E-state index is 14.6. The average Bonchev–Trinajstić information content (AvgIpc) is 2.75. The van der Waals surface area contributed by atoms with Crippen molar-refractivity contribution in [2.24, 2.45) is 5.92 Å². The summed E-state index contributed by atoms with van der Waals surface area (Å²) in [6.45, 7) is 5.85. The van der Waals surface area contributed by atoms with Crippen molar-refractivity contribution < 1.29 is 27.0 Å². The van der Waals surface area contributed by atoms with E-state index < -0.39 is 23.3 Å². The van der Waals surface area contributed by atoms with Gasteiger partial charge in [-0.15, -0.1) is 0 Å². The highest BCUT2D eigenvalue weighted by Gasteiger charge is 2.31. The van der Waals surface area contributed by atoms with E-state index in [9.17, 15) is 17.6 Å². The van der Waals surface area contributed by atoms with Crippen LogP contribution in [-0.2, 0) is 0 Å². The molecule has 0 aliphatic heterocycles. The predicted octanol–water partition coefficient (Wildman–Crippen LogP) is 7.12. The van der Waals surface area contributed by atoms with Crippen LogP contribution in [-0.4, -0.2) is 13.2 Å². The Kier molecular flexibility index (Phi) is 7.27. The van der Waals surface area contributed by atoms with Gasteiger partial charge >= 0.3 is 0 Å². The molecule has 0 N–H and O–H groups in total. The molecule has 0 saturated heterocycles. The maximum Gasteiger partial charge on any atom is 0.200 e. The fourth-order valence-electron chi connectivity index (χ4n) is 4.48. The lowest BCUT2D eigenvalue weighted by Gasteiger charge is -2.33. The number of benzene rings is 2. The molecule has 1 saturated carbocycles. The molecule has 0 radical (unpaired) electrons. The van der Waals surface area contributed by atoms with E-state index in [1.807, 2.05) is 6.92 Å². The van der Waals surface area contributed by atoms with E-state index in [4.69, 9.17) is 9.47 Å². The van der Waals surface area contributed by atoms with E-state index in [0.29, 0.717) is 24.0 Å². The molecule has 3 rings (SSSR count). The first-order valence-electron chi connectivity index (χ1n) is 10.6. The molecule has 1 aliphatic rings. The van der Waals surface area contributed by atoms with Gasteiger partial charge in [0.1, 0.15) is 0 Å². The first-order chi connectivity index (χ1) is 14.4. The highest BCUT2D eigenvalue weighted by molar-refractivity contribution is 5.35. The highest BCUT2D eigenvalue weighted by atomic mass is 19.2. The van der Waals surface area contributed by atoms with Crippen molar-refractivity contribution >= 4 is 0 Å². The summed E-state index contributed by atoms with van der Waals surface area (Å²) in [5.41, 5.74) is 0.693. The van der Waals surface area contributed by atoms with E-state index in [1.165, 1.54) is 12.1 Å². The second kappa shape index (κ2) is 9.71. The van der Waals surface area contributed by atoms with Crippen LogP contribution in [0.1, 0.15) is 69.4 Å². The molecule has 2 nitrogen and oxygen atoms in total. The second-order valence-corrected chi connectivity index (χ2v) is 7.83. The first kappa shape index (κ1) is 22.4. The van der Waals surface area contributed by atoms with Gasteiger partial charge in [-0.05, 0) is 80.5 Å². The number of rotatable bonds is 7. The lowest BCUT2D eigenvalue weighted by atomic mass is 9.72. The van der Waals surface area contributed by atoms with Crippen LogP contribution in [0.25, 0.3) is 0 Å². The molecule has 0 bridgehead atoms. The molecule has 1 fully saturated rings. The van der Waals surface area contributed by atoms with Crippen LogP contribution < -0.4 is 9.47 Å². The summed E-state index contributed by atoms with van der Waals surface area (Å²) < 4.78 is 67.8. The Bertz CT molecular complexity index is 876. The lowest BCUT2D eigenvalue weighted by molar-refractivity contribution is 0.276. The summed E-state index contributed by atoms with van der Waals surface area (Å²) in [4.78, 5) is 0. The standard InChI is InChI=1S/C24H28F4O2/c1-4-29-19-12-10-17(21(25)23(19)27)14(3)15-6-8-16(9-7-15)18-11-13-20(30-5-2)24(28)22(18)26/h10-16H,4-9H2,1-3H3/t14?,15-,16-. The molecular weight excluding hydrogens is 396 g/mol. The molecule has 2 aromatic carbocycles. The zero-order chi connectivity index (χ0) is 21.8. The number of halogens is 4. The maximum atomic E-state index is 14.6. The predicted molar refractivity (Wildman–Crippen MR) is 108 cm³/mol. The molecule has 1 aliphatic carbocycles. The Morgan fingerprint density at radius 2 is 1.30 bits per heavy atom. The van der Waals surface area contributed by atoms with Crippen LogP contribution in [0.15, 0.2) is 24.3 Å². The summed E-state index contributed by atoms with van der Waals surface area (Å²) >= 11 is 0. The molecule has 0 heterocycles. The summed E-state index contributed by atoms with van der Waals surface area (Å²) in [5.74, 6) is -3.91. The smallest absolute Gasteiger partial charge is 0.200 e. The third-order valence-corrected chi connectivity index (χ3v) is 6.16. The van der Waals surface area contributed by atoms with Gasteiger partial charge in [-0.3, -0.25) is 0 Å². The van der Waals surface area contributed by atoms with Gasteiger partial charge in [-0.2, -0.15) is 8.78 Å². The van der Waals surface area contributed by atoms with Gasteiger partial charge in [0, 0.05) is 0 Å². The van der Waals surface area contributed by atoms with Gasteiger partial charge in [0.2, 0.25) is 11.6 Å². The Hall–Kier alpha value is -2.24. The van der Waals surface area contributed by atoms with Crippen LogP contribution in [0.4, 0.5) is 17.6 Å². The highest BCUT2D eigenvalue weighted by Crippen LogP contribution is 2.44. The Morgan fingerprint density at radius 1 is 0.767 bits per heavy atom. The van der Waals surface area contributed by atoms with Gasteiger partial charge in [-0.1, -0.05) is 19.1 Å². The third-order valence-electron chi connectivity index (χ3n) is 6.16. The van der Waals surface area contributed by atoms with Gasteiger partial charge in [0.15, 0.2) is 23.1 Å². The van der Waals surface area contributed by atoms with Crippen molar-refractivity contribution in [2.45, 2.75) is 58.3 Å². The van der Waals surface area contributed by atoms with E-state index in [2.05, 4.69) is 0 Å². The molecule has 164 valence electrons. The fourth-order valence-corrected chi connectivity index (χ4v) is 4.48. The minimum atomic E-state index is -0.957. The fraction of sp³-hybridized carbons (Fsp3) is 0.500. The second-order valence-electron chi connectivity index (χ2n) is 7.83. The Balaban J connectivity index is 1.70. The van der Waals surface area contributed by atoms with Crippen LogP contribution in [0.2, 0.25) is 0 Å². The van der Waals surface area contributed by atoms with E-state index in [0.717, 1.165) is 12.8 Å². The van der Waals surface area contributed by atoms with Crippen molar-refractivity contribution in [2.75, 3.05) is 13.2 Å². The van der Waals surface area contributed by atoms with Crippen LogP contribution in [0, 0.1) is 29.2 Å². The monoisotopic (exact) mass is 424 g/mol. The van der Waals surface area contributed by atoms with Gasteiger partial charge in [0.05, 0.1) is 13.2 Å². The van der Waals surface area contributed by atoms with Gasteiger partial charge < -0.3 is 9.47 Å². The summed E-state index contributed by atoms with van der Waals surface area (Å²) in [7, 11) is 0. The number of hydrogen-bond donors (Lipinski definition) is 0. The first-order valence-corrected chi connectivity index (χ1v) is 10.6. The van der Waals surface area contributed by atoms with Crippen LogP contribution in [0.3, 0.4) is 0 Å². The van der Waals surface area contributed by atoms with Gasteiger partial charge in [-0.25, -0.2) is 8.78 Å². The van der Waals surface area contributed by atoms with Crippen LogP contribution in [0.5, 0.6) is 11.5 Å². The largest absolute Gasteiger partial charge is 0.491 e. The molecular formula is C24H28F4O2. The zero-order valence-electron chi connectivity index (χ0n) is 17.6. The third kappa shape index (κ3) is 4.42. The molecule has 6 heteroatoms. The lowest BCUT2D eigenvalue weighted by Crippen LogP contribution is -2.20. The Morgan fingerprint density at radius 3 is 1.87 bits per heavy atom. The minimum absolute atomic E-state index is 0.0749. The van der Waals surface area contributed by atoms with E-state index >= 15 is 0 Å². The molecule has 2 aromatic rings. The molecule has 1 unspecified atom stereocenters. The van der Waals surface area contributed by atoms with Crippen molar-refractivity contribution in [1.82, 2.24) is 0 Å². The van der Waals surface area contributed by atoms with Crippen molar-refractivity contribution in [3.8, 4) is 11.5 Å². The van der Waals surface area contributed by atoms with Crippen molar-refractivity contribution in [3.05, 3.63) is 58.7 Å². The minimum Gasteiger partial charge on any atom is -0.491 e. The normalized spacial score (nSPS) is 20.1. The number of hydrogen-bond acceptors (Lipinski definition) is 2. The van der Waals surface area contributed by atoms with Crippen molar-refractivity contribution in [3.63, 3.8) is 0 Å². The number of ether oxygens (including phenoxy) is 2. The zero-order valence-corrected chi connectivity index (χ0v) is 17.6. The molecule has 30 heavy (non-hydrogen) atoms. The Labute approximate surface area is 175 Å². The van der Waals surface area contributed by atoms with E-state index in [-0.39, 0.29) is 42.5 Å². The quantitative estimate of drug-likeness (QED) is 0.441. The SMILES string of the molecule is CCOc1ccc(C(C)[C@H]2CC[C@H](c3ccc(OCC)c(F)c3F)CC2)c(F)c1F. The van der Waals surface area contributed by atoms with Crippen molar-refractivity contribution in [1.29, 1.82) is 0 Å². The molecule has 0 amide bonds. The summed E-state index contributed by atoms with van der Waals surface area (Å²) in [6.07, 6.45) is 2.80.